The molecule has 1 aromatic carbocycles. The van der Waals surface area contributed by atoms with Gasteiger partial charge >= 0.3 is 17.3 Å². The van der Waals surface area contributed by atoms with Crippen LogP contribution in [-0.2, 0) is 13.2 Å². The average molecular weight is 270 g/mol. The molecule has 0 bridgehead atoms. The summed E-state index contributed by atoms with van der Waals surface area (Å²) in [5, 5.41) is 0. The van der Waals surface area contributed by atoms with E-state index >= 15 is 0 Å². The third kappa shape index (κ3) is 2.31. The Bertz CT molecular complexity index is 729. The van der Waals surface area contributed by atoms with Gasteiger partial charge in [0.1, 0.15) is 0 Å². The summed E-state index contributed by atoms with van der Waals surface area (Å²) in [6, 6.07) is 4.59. The third-order valence-electron chi connectivity index (χ3n) is 2.63. The summed E-state index contributed by atoms with van der Waals surface area (Å²) in [7, 11) is 1.35. The highest BCUT2D eigenvalue weighted by atomic mass is 19.4. The van der Waals surface area contributed by atoms with Crippen molar-refractivity contribution in [1.82, 2.24) is 9.13 Å². The number of halogens is 3. The van der Waals surface area contributed by atoms with Crippen LogP contribution in [0, 0.1) is 0 Å². The molecule has 0 aliphatic carbocycles. The highest BCUT2D eigenvalue weighted by molar-refractivity contribution is 5.42. The lowest BCUT2D eigenvalue weighted by Gasteiger charge is -2.14. The van der Waals surface area contributed by atoms with Crippen LogP contribution >= 0.6 is 0 Å². The largest absolute Gasteiger partial charge is 0.418 e. The zero-order chi connectivity index (χ0) is 14.2. The molecule has 0 aliphatic rings. The molecule has 0 radical (unpaired) electrons. The molecule has 2 aromatic rings. The number of aromatic nitrogens is 2. The van der Waals surface area contributed by atoms with Crippen molar-refractivity contribution in [1.29, 1.82) is 0 Å². The van der Waals surface area contributed by atoms with Gasteiger partial charge in [-0.25, -0.2) is 0 Å². The Morgan fingerprint density at radius 1 is 1.00 bits per heavy atom. The zero-order valence-corrected chi connectivity index (χ0v) is 9.81. The summed E-state index contributed by atoms with van der Waals surface area (Å²) >= 11 is 0. The van der Waals surface area contributed by atoms with Gasteiger partial charge < -0.3 is 4.57 Å². The number of hydrogen-bond acceptors (Lipinski definition) is 2. The van der Waals surface area contributed by atoms with E-state index in [1.54, 1.807) is 0 Å². The van der Waals surface area contributed by atoms with E-state index in [9.17, 15) is 22.8 Å². The van der Waals surface area contributed by atoms with Crippen LogP contribution in [0.1, 0.15) is 5.56 Å². The van der Waals surface area contributed by atoms with Gasteiger partial charge in [-0.05, 0) is 12.1 Å². The van der Waals surface area contributed by atoms with Gasteiger partial charge in [-0.3, -0.25) is 14.2 Å². The monoisotopic (exact) mass is 270 g/mol. The number of alkyl halides is 3. The Kier molecular flexibility index (Phi) is 3.05. The molecule has 0 fully saturated rings. The normalized spacial score (nSPS) is 11.6. The van der Waals surface area contributed by atoms with Gasteiger partial charge in [-0.1, -0.05) is 12.1 Å². The van der Waals surface area contributed by atoms with Crippen molar-refractivity contribution in [3.8, 4) is 5.69 Å². The first-order valence-corrected chi connectivity index (χ1v) is 5.27. The van der Waals surface area contributed by atoms with Crippen molar-refractivity contribution < 1.29 is 13.2 Å². The van der Waals surface area contributed by atoms with Crippen molar-refractivity contribution in [2.24, 2.45) is 7.05 Å². The number of para-hydroxylation sites is 1. The maximum absolute atomic E-state index is 12.8. The minimum absolute atomic E-state index is 0.363. The summed E-state index contributed by atoms with van der Waals surface area (Å²) in [6.45, 7) is 0. The molecule has 0 atom stereocenters. The van der Waals surface area contributed by atoms with Gasteiger partial charge in [0, 0.05) is 19.4 Å². The fourth-order valence-corrected chi connectivity index (χ4v) is 1.67. The van der Waals surface area contributed by atoms with Gasteiger partial charge in [0.25, 0.3) is 0 Å². The van der Waals surface area contributed by atoms with Crippen molar-refractivity contribution in [3.05, 3.63) is 62.9 Å². The second-order valence-electron chi connectivity index (χ2n) is 3.90. The molecule has 4 nitrogen and oxygen atoms in total. The number of nitrogens with zero attached hydrogens (tertiary/aromatic N) is 2. The van der Waals surface area contributed by atoms with E-state index < -0.39 is 22.9 Å². The Morgan fingerprint density at radius 3 is 2.26 bits per heavy atom. The molecule has 1 aromatic heterocycles. The minimum Gasteiger partial charge on any atom is -0.312 e. The van der Waals surface area contributed by atoms with Crippen LogP contribution in [0.2, 0.25) is 0 Å². The van der Waals surface area contributed by atoms with Gasteiger partial charge in [0.05, 0.1) is 11.3 Å². The van der Waals surface area contributed by atoms with Gasteiger partial charge in [-0.15, -0.1) is 0 Å². The van der Waals surface area contributed by atoms with E-state index in [1.165, 1.54) is 25.4 Å². The lowest BCUT2D eigenvalue weighted by atomic mass is 10.1. The summed E-state index contributed by atoms with van der Waals surface area (Å²) in [4.78, 5) is 23.2. The van der Waals surface area contributed by atoms with Crippen molar-refractivity contribution in [2.75, 3.05) is 0 Å². The van der Waals surface area contributed by atoms with E-state index in [0.29, 0.717) is 4.57 Å². The molecular weight excluding hydrogens is 261 g/mol. The molecule has 2 rings (SSSR count). The molecule has 0 amide bonds. The highest BCUT2D eigenvalue weighted by Crippen LogP contribution is 2.32. The first kappa shape index (κ1) is 13.1. The van der Waals surface area contributed by atoms with Crippen LogP contribution in [0.25, 0.3) is 5.69 Å². The predicted molar refractivity (Wildman–Crippen MR) is 62.3 cm³/mol. The molecule has 1 heterocycles. The SMILES string of the molecule is Cn1ccn(-c2ccccc2C(F)(F)F)c(=O)c1=O. The molecule has 0 unspecified atom stereocenters. The van der Waals surface area contributed by atoms with Crippen LogP contribution in [0.5, 0.6) is 0 Å². The van der Waals surface area contributed by atoms with Crippen LogP contribution in [0.3, 0.4) is 0 Å². The second kappa shape index (κ2) is 4.42. The van der Waals surface area contributed by atoms with Crippen molar-refractivity contribution in [2.45, 2.75) is 6.18 Å². The Labute approximate surface area is 105 Å². The van der Waals surface area contributed by atoms with E-state index in [0.717, 1.165) is 22.9 Å². The van der Waals surface area contributed by atoms with E-state index in [4.69, 9.17) is 0 Å². The van der Waals surface area contributed by atoms with Crippen LogP contribution < -0.4 is 11.1 Å². The lowest BCUT2D eigenvalue weighted by Crippen LogP contribution is -2.39. The molecule has 7 heteroatoms. The standard InChI is InChI=1S/C12H9F3N2O2/c1-16-6-7-17(11(19)10(16)18)9-5-3-2-4-8(9)12(13,14)15/h2-7H,1H3. The van der Waals surface area contributed by atoms with Crippen molar-refractivity contribution >= 4 is 0 Å². The molecule has 0 saturated carbocycles. The van der Waals surface area contributed by atoms with Gasteiger partial charge in [-0.2, -0.15) is 13.2 Å². The molecule has 0 aliphatic heterocycles. The van der Waals surface area contributed by atoms with Crippen LogP contribution in [0.4, 0.5) is 13.2 Å². The lowest BCUT2D eigenvalue weighted by molar-refractivity contribution is -0.137. The maximum atomic E-state index is 12.8. The topological polar surface area (TPSA) is 44.0 Å². The summed E-state index contributed by atoms with van der Waals surface area (Å²) in [5.74, 6) is 0. The van der Waals surface area contributed by atoms with Gasteiger partial charge in [0.2, 0.25) is 0 Å². The van der Waals surface area contributed by atoms with Gasteiger partial charge in [0.15, 0.2) is 0 Å². The first-order chi connectivity index (χ1) is 8.82. The van der Waals surface area contributed by atoms with Crippen LogP contribution in [-0.4, -0.2) is 9.13 Å². The van der Waals surface area contributed by atoms with E-state index in [1.807, 2.05) is 0 Å². The average Bonchev–Trinajstić information content (AvgIpc) is 2.35. The number of aryl methyl sites for hydroxylation is 1. The fraction of sp³-hybridized carbons (Fsp3) is 0.167. The molecule has 100 valence electrons. The first-order valence-electron chi connectivity index (χ1n) is 5.27. The number of hydrogen-bond donors (Lipinski definition) is 0. The second-order valence-corrected chi connectivity index (χ2v) is 3.90. The Balaban J connectivity index is 2.78. The summed E-state index contributed by atoms with van der Waals surface area (Å²) in [5.41, 5.74) is -3.25. The van der Waals surface area contributed by atoms with E-state index in [-0.39, 0.29) is 5.69 Å². The predicted octanol–water partition coefficient (Wildman–Crippen LogP) is 1.55. The van der Waals surface area contributed by atoms with Crippen LogP contribution in [0.15, 0.2) is 46.2 Å². The highest BCUT2D eigenvalue weighted by Gasteiger charge is 2.33. The number of benzene rings is 1. The molecule has 0 spiro atoms. The molecule has 19 heavy (non-hydrogen) atoms. The number of rotatable bonds is 1. The summed E-state index contributed by atoms with van der Waals surface area (Å²) in [6.07, 6.45) is -2.23. The third-order valence-corrected chi connectivity index (χ3v) is 2.63. The zero-order valence-electron chi connectivity index (χ0n) is 9.81. The van der Waals surface area contributed by atoms with E-state index in [2.05, 4.69) is 0 Å². The minimum atomic E-state index is -4.60. The summed E-state index contributed by atoms with van der Waals surface area (Å²) < 4.78 is 40.2. The fourth-order valence-electron chi connectivity index (χ4n) is 1.67. The quantitative estimate of drug-likeness (QED) is 0.738. The Hall–Kier alpha value is -2.31. The maximum Gasteiger partial charge on any atom is 0.418 e. The molecular formula is C12H9F3N2O2. The molecule has 0 saturated heterocycles. The molecule has 0 N–H and O–H groups in total. The Morgan fingerprint density at radius 2 is 1.63 bits per heavy atom. The smallest absolute Gasteiger partial charge is 0.312 e. The van der Waals surface area contributed by atoms with Crippen molar-refractivity contribution in [3.63, 3.8) is 0 Å².